The van der Waals surface area contributed by atoms with Crippen molar-refractivity contribution in [2.75, 3.05) is 50.0 Å². The van der Waals surface area contributed by atoms with E-state index in [0.29, 0.717) is 5.95 Å². The summed E-state index contributed by atoms with van der Waals surface area (Å²) in [6, 6.07) is 18.7. The van der Waals surface area contributed by atoms with Crippen LogP contribution in [0.25, 0.3) is 22.0 Å². The molecule has 0 radical (unpaired) electrons. The minimum atomic E-state index is 0.584. The van der Waals surface area contributed by atoms with E-state index < -0.39 is 0 Å². The molecule has 1 aliphatic rings. The van der Waals surface area contributed by atoms with E-state index in [1.165, 1.54) is 10.9 Å². The maximum atomic E-state index is 5.40. The molecule has 0 aliphatic carbocycles. The lowest BCUT2D eigenvalue weighted by atomic mass is 10.0. The maximum absolute atomic E-state index is 5.40. The smallest absolute Gasteiger partial charge is 0.229 e. The lowest BCUT2D eigenvalue weighted by molar-refractivity contribution is 0.0378. The van der Waals surface area contributed by atoms with Crippen molar-refractivity contribution in [3.8, 4) is 11.1 Å². The van der Waals surface area contributed by atoms with Crippen molar-refractivity contribution < 1.29 is 4.74 Å². The van der Waals surface area contributed by atoms with Gasteiger partial charge in [-0.05, 0) is 54.4 Å². The van der Waals surface area contributed by atoms with Crippen LogP contribution in [0, 0.1) is 0 Å². The molecule has 0 spiro atoms. The number of nitrogens with one attached hydrogen (secondary N) is 3. The second-order valence-corrected chi connectivity index (χ2v) is 7.95. The van der Waals surface area contributed by atoms with Crippen LogP contribution < -0.4 is 10.6 Å². The van der Waals surface area contributed by atoms with Crippen LogP contribution in [0.15, 0.2) is 67.0 Å². The third-order valence-corrected chi connectivity index (χ3v) is 5.74. The van der Waals surface area contributed by atoms with Gasteiger partial charge in [0.05, 0.1) is 13.2 Å². The summed E-state index contributed by atoms with van der Waals surface area (Å²) in [5.74, 6) is 1.41. The van der Waals surface area contributed by atoms with Crippen LogP contribution in [0.2, 0.25) is 0 Å². The Morgan fingerprint density at radius 1 is 1.03 bits per heavy atom. The molecule has 0 unspecified atom stereocenters. The summed E-state index contributed by atoms with van der Waals surface area (Å²) in [6.45, 7) is 5.70. The van der Waals surface area contributed by atoms with Crippen LogP contribution in [-0.4, -0.2) is 59.2 Å². The number of fused-ring (bicyclic) bond motifs is 1. The summed E-state index contributed by atoms with van der Waals surface area (Å²) in [7, 11) is 0. The van der Waals surface area contributed by atoms with Crippen molar-refractivity contribution in [1.82, 2.24) is 19.9 Å². The third kappa shape index (κ3) is 4.90. The molecule has 7 heteroatoms. The highest BCUT2D eigenvalue weighted by Crippen LogP contribution is 2.30. The SMILES string of the molecule is c1cc(Nc2nccc(NCCCN3CCOCC3)n2)cc(-c2cccc3[nH]ccc23)c1. The van der Waals surface area contributed by atoms with Gasteiger partial charge in [-0.3, -0.25) is 4.90 Å². The van der Waals surface area contributed by atoms with E-state index in [-0.39, 0.29) is 0 Å². The normalized spacial score (nSPS) is 14.5. The largest absolute Gasteiger partial charge is 0.379 e. The van der Waals surface area contributed by atoms with Crippen molar-refractivity contribution in [2.24, 2.45) is 0 Å². The Labute approximate surface area is 187 Å². The van der Waals surface area contributed by atoms with E-state index in [1.807, 2.05) is 18.3 Å². The number of rotatable bonds is 8. The summed E-state index contributed by atoms with van der Waals surface area (Å²) in [4.78, 5) is 14.7. The van der Waals surface area contributed by atoms with Gasteiger partial charge in [-0.15, -0.1) is 0 Å². The van der Waals surface area contributed by atoms with Gasteiger partial charge in [0.1, 0.15) is 5.82 Å². The third-order valence-electron chi connectivity index (χ3n) is 5.74. The standard InChI is InChI=1S/C25H28N6O/c1-4-19(21-6-2-7-23-22(21)8-11-26-23)18-20(5-1)29-25-28-12-9-24(30-25)27-10-3-13-31-14-16-32-17-15-31/h1-2,4-9,11-12,18,26H,3,10,13-17H2,(H2,27,28,29,30). The highest BCUT2D eigenvalue weighted by atomic mass is 16.5. The van der Waals surface area contributed by atoms with E-state index in [9.17, 15) is 0 Å². The topological polar surface area (TPSA) is 78.1 Å². The van der Waals surface area contributed by atoms with Crippen molar-refractivity contribution in [2.45, 2.75) is 6.42 Å². The Balaban J connectivity index is 1.22. The summed E-state index contributed by atoms with van der Waals surface area (Å²) in [6.07, 6.45) is 4.83. The van der Waals surface area contributed by atoms with Crippen LogP contribution >= 0.6 is 0 Å². The molecule has 1 saturated heterocycles. The molecule has 2 aromatic carbocycles. The molecule has 1 fully saturated rings. The van der Waals surface area contributed by atoms with Crippen molar-refractivity contribution in [3.63, 3.8) is 0 Å². The number of hydrogen-bond acceptors (Lipinski definition) is 6. The van der Waals surface area contributed by atoms with Gasteiger partial charge in [0.2, 0.25) is 5.95 Å². The number of benzene rings is 2. The molecular weight excluding hydrogens is 400 g/mol. The molecule has 4 aromatic rings. The number of ether oxygens (including phenoxy) is 1. The minimum Gasteiger partial charge on any atom is -0.379 e. The summed E-state index contributed by atoms with van der Waals surface area (Å²) in [5.41, 5.74) is 4.44. The van der Waals surface area contributed by atoms with Crippen LogP contribution in [0.3, 0.4) is 0 Å². The first-order valence-electron chi connectivity index (χ1n) is 11.2. The van der Waals surface area contributed by atoms with E-state index in [0.717, 1.165) is 68.4 Å². The molecule has 32 heavy (non-hydrogen) atoms. The molecule has 7 nitrogen and oxygen atoms in total. The fourth-order valence-electron chi connectivity index (χ4n) is 4.09. The Morgan fingerprint density at radius 3 is 2.88 bits per heavy atom. The Morgan fingerprint density at radius 2 is 1.94 bits per heavy atom. The summed E-state index contributed by atoms with van der Waals surface area (Å²) < 4.78 is 5.40. The van der Waals surface area contributed by atoms with Crippen LogP contribution in [0.5, 0.6) is 0 Å². The first kappa shape index (κ1) is 20.5. The van der Waals surface area contributed by atoms with Gasteiger partial charge in [-0.25, -0.2) is 4.98 Å². The molecule has 0 saturated carbocycles. The molecule has 3 heterocycles. The molecule has 0 amide bonds. The molecular formula is C25H28N6O. The van der Waals surface area contributed by atoms with Gasteiger partial charge >= 0.3 is 0 Å². The number of nitrogens with zero attached hydrogens (tertiary/aromatic N) is 3. The predicted octanol–water partition coefficient (Wildman–Crippen LogP) is 4.50. The van der Waals surface area contributed by atoms with E-state index >= 15 is 0 Å². The lowest BCUT2D eigenvalue weighted by Gasteiger charge is -2.26. The van der Waals surface area contributed by atoms with Crippen molar-refractivity contribution in [3.05, 3.63) is 67.0 Å². The highest BCUT2D eigenvalue weighted by Gasteiger charge is 2.09. The van der Waals surface area contributed by atoms with E-state index in [4.69, 9.17) is 4.74 Å². The minimum absolute atomic E-state index is 0.584. The number of aromatic nitrogens is 3. The number of hydrogen-bond donors (Lipinski definition) is 3. The molecule has 0 bridgehead atoms. The Kier molecular flexibility index (Phi) is 6.28. The number of morpholine rings is 1. The fourth-order valence-corrected chi connectivity index (χ4v) is 4.09. The summed E-state index contributed by atoms with van der Waals surface area (Å²) >= 11 is 0. The zero-order chi connectivity index (χ0) is 21.6. The van der Waals surface area contributed by atoms with E-state index in [2.05, 4.69) is 72.9 Å². The predicted molar refractivity (Wildman–Crippen MR) is 129 cm³/mol. The molecule has 164 valence electrons. The zero-order valence-electron chi connectivity index (χ0n) is 18.1. The molecule has 0 atom stereocenters. The number of aromatic amines is 1. The van der Waals surface area contributed by atoms with Crippen LogP contribution in [0.1, 0.15) is 6.42 Å². The van der Waals surface area contributed by atoms with Gasteiger partial charge in [-0.1, -0.05) is 24.3 Å². The maximum Gasteiger partial charge on any atom is 0.229 e. The van der Waals surface area contributed by atoms with Crippen molar-refractivity contribution in [1.29, 1.82) is 0 Å². The quantitative estimate of drug-likeness (QED) is 0.359. The van der Waals surface area contributed by atoms with Gasteiger partial charge in [0, 0.05) is 48.6 Å². The summed E-state index contributed by atoms with van der Waals surface area (Å²) in [5, 5.41) is 7.97. The van der Waals surface area contributed by atoms with Gasteiger partial charge < -0.3 is 20.4 Å². The van der Waals surface area contributed by atoms with Crippen LogP contribution in [0.4, 0.5) is 17.5 Å². The van der Waals surface area contributed by atoms with Crippen molar-refractivity contribution >= 4 is 28.4 Å². The Bertz CT molecular complexity index is 1170. The second-order valence-electron chi connectivity index (χ2n) is 7.95. The molecule has 3 N–H and O–H groups in total. The molecule has 5 rings (SSSR count). The molecule has 1 aliphatic heterocycles. The van der Waals surface area contributed by atoms with E-state index in [1.54, 1.807) is 6.20 Å². The average molecular weight is 429 g/mol. The average Bonchev–Trinajstić information content (AvgIpc) is 3.32. The van der Waals surface area contributed by atoms with Gasteiger partial charge in [-0.2, -0.15) is 4.98 Å². The number of H-pyrrole nitrogens is 1. The highest BCUT2D eigenvalue weighted by molar-refractivity contribution is 5.95. The lowest BCUT2D eigenvalue weighted by Crippen LogP contribution is -2.37. The fraction of sp³-hybridized carbons (Fsp3) is 0.280. The zero-order valence-corrected chi connectivity index (χ0v) is 18.1. The van der Waals surface area contributed by atoms with Crippen LogP contribution in [-0.2, 0) is 4.74 Å². The molecule has 2 aromatic heterocycles. The Hall–Kier alpha value is -3.42. The monoisotopic (exact) mass is 428 g/mol. The first-order chi connectivity index (χ1) is 15.8. The van der Waals surface area contributed by atoms with Gasteiger partial charge in [0.25, 0.3) is 0 Å². The number of anilines is 3. The van der Waals surface area contributed by atoms with Gasteiger partial charge in [0.15, 0.2) is 0 Å². The first-order valence-corrected chi connectivity index (χ1v) is 11.2. The second kappa shape index (κ2) is 9.80.